The van der Waals surface area contributed by atoms with Crippen LogP contribution in [0.3, 0.4) is 0 Å². The lowest BCUT2D eigenvalue weighted by Crippen LogP contribution is -2.28. The van der Waals surface area contributed by atoms with Crippen molar-refractivity contribution in [3.8, 4) is 0 Å². The molecule has 0 spiro atoms. The van der Waals surface area contributed by atoms with E-state index >= 15 is 0 Å². The minimum atomic E-state index is 0.730. The first kappa shape index (κ1) is 13.2. The third-order valence-corrected chi connectivity index (χ3v) is 3.32. The summed E-state index contributed by atoms with van der Waals surface area (Å²) in [5.41, 5.74) is 0. The van der Waals surface area contributed by atoms with Gasteiger partial charge in [-0.2, -0.15) is 0 Å². The molecule has 0 aliphatic heterocycles. The Bertz CT molecular complexity index is 372. The van der Waals surface area contributed by atoms with E-state index < -0.39 is 0 Å². The van der Waals surface area contributed by atoms with Gasteiger partial charge < -0.3 is 10.2 Å². The summed E-state index contributed by atoms with van der Waals surface area (Å²) in [4.78, 5) is 7.20. The van der Waals surface area contributed by atoms with E-state index in [1.165, 1.54) is 19.3 Å². The van der Waals surface area contributed by atoms with Crippen molar-refractivity contribution in [3.63, 3.8) is 0 Å². The van der Waals surface area contributed by atoms with Gasteiger partial charge in [0.2, 0.25) is 0 Å². The highest BCUT2D eigenvalue weighted by Gasteiger charge is 2.29. The van der Waals surface area contributed by atoms with Crippen LogP contribution in [0.1, 0.15) is 40.0 Å². The molecule has 0 radical (unpaired) electrons. The average Bonchev–Trinajstić information content (AvgIpc) is 3.14. The number of nitrogens with zero attached hydrogens (tertiary/aromatic N) is 2. The molecule has 1 fully saturated rings. The Labute approximate surface area is 111 Å². The van der Waals surface area contributed by atoms with Gasteiger partial charge in [-0.3, -0.25) is 0 Å². The molecule has 1 aromatic rings. The van der Waals surface area contributed by atoms with Gasteiger partial charge in [0.15, 0.2) is 0 Å². The molecule has 0 amide bonds. The molecule has 2 rings (SSSR count). The maximum Gasteiger partial charge on any atom is 0.131 e. The summed E-state index contributed by atoms with van der Waals surface area (Å²) in [5, 5.41) is 3.29. The van der Waals surface area contributed by atoms with E-state index in [-0.39, 0.29) is 0 Å². The third kappa shape index (κ3) is 3.62. The van der Waals surface area contributed by atoms with Crippen molar-refractivity contribution in [1.29, 1.82) is 0 Å². The van der Waals surface area contributed by atoms with Crippen molar-refractivity contribution in [1.82, 2.24) is 4.98 Å². The van der Waals surface area contributed by atoms with Gasteiger partial charge in [0.05, 0.1) is 0 Å². The van der Waals surface area contributed by atoms with Crippen molar-refractivity contribution >= 4 is 11.6 Å². The van der Waals surface area contributed by atoms with Crippen molar-refractivity contribution in [2.24, 2.45) is 5.92 Å². The molecule has 0 atom stereocenters. The van der Waals surface area contributed by atoms with Crippen LogP contribution in [-0.4, -0.2) is 24.1 Å². The van der Waals surface area contributed by atoms with Crippen molar-refractivity contribution in [2.75, 3.05) is 23.3 Å². The molecule has 1 aliphatic rings. The van der Waals surface area contributed by atoms with E-state index in [9.17, 15) is 0 Å². The van der Waals surface area contributed by atoms with Crippen LogP contribution in [0, 0.1) is 5.92 Å². The average molecular weight is 247 g/mol. The first-order chi connectivity index (χ1) is 8.70. The molecule has 0 aromatic carbocycles. The van der Waals surface area contributed by atoms with Gasteiger partial charge in [-0.15, -0.1) is 0 Å². The molecular weight excluding hydrogens is 222 g/mol. The fourth-order valence-electron chi connectivity index (χ4n) is 2.13. The first-order valence-electron chi connectivity index (χ1n) is 7.18. The van der Waals surface area contributed by atoms with Gasteiger partial charge in [-0.25, -0.2) is 4.98 Å². The smallest absolute Gasteiger partial charge is 0.131 e. The molecule has 1 aliphatic carbocycles. The van der Waals surface area contributed by atoms with E-state index in [1.54, 1.807) is 0 Å². The summed E-state index contributed by atoms with van der Waals surface area (Å²) in [6.07, 6.45) is 3.89. The van der Waals surface area contributed by atoms with E-state index in [0.717, 1.165) is 36.7 Å². The Morgan fingerprint density at radius 3 is 2.78 bits per heavy atom. The lowest BCUT2D eigenvalue weighted by Gasteiger charge is -2.25. The van der Waals surface area contributed by atoms with E-state index in [1.807, 2.05) is 6.07 Å². The standard InChI is InChI=1S/C15H25N3/c1-4-16-14-6-5-7-15(17-14)18(13-8-9-13)11-10-12(2)3/h5-7,12-13H,4,8-11H2,1-3H3,(H,16,17). The fraction of sp³-hybridized carbons (Fsp3) is 0.667. The van der Waals surface area contributed by atoms with Crippen LogP contribution in [0.2, 0.25) is 0 Å². The Kier molecular flexibility index (Phi) is 4.45. The number of pyridine rings is 1. The second-order valence-electron chi connectivity index (χ2n) is 5.52. The molecule has 3 heteroatoms. The fourth-order valence-corrected chi connectivity index (χ4v) is 2.13. The topological polar surface area (TPSA) is 28.2 Å². The Hall–Kier alpha value is -1.25. The van der Waals surface area contributed by atoms with E-state index in [4.69, 9.17) is 4.98 Å². The highest BCUT2D eigenvalue weighted by Crippen LogP contribution is 2.31. The SMILES string of the molecule is CCNc1cccc(N(CCC(C)C)C2CC2)n1. The van der Waals surface area contributed by atoms with Crippen molar-refractivity contribution in [3.05, 3.63) is 18.2 Å². The number of hydrogen-bond donors (Lipinski definition) is 1. The lowest BCUT2D eigenvalue weighted by molar-refractivity contribution is 0.568. The summed E-state index contributed by atoms with van der Waals surface area (Å²) in [6.45, 7) is 8.73. The van der Waals surface area contributed by atoms with Crippen LogP contribution < -0.4 is 10.2 Å². The molecule has 3 nitrogen and oxygen atoms in total. The third-order valence-electron chi connectivity index (χ3n) is 3.32. The number of hydrogen-bond acceptors (Lipinski definition) is 3. The predicted octanol–water partition coefficient (Wildman–Crippen LogP) is 3.53. The molecule has 1 aromatic heterocycles. The maximum atomic E-state index is 4.72. The van der Waals surface area contributed by atoms with E-state index in [0.29, 0.717) is 0 Å². The van der Waals surface area contributed by atoms with Gasteiger partial charge in [-0.05, 0) is 44.2 Å². The molecule has 1 heterocycles. The molecule has 0 bridgehead atoms. The largest absolute Gasteiger partial charge is 0.370 e. The second-order valence-corrected chi connectivity index (χ2v) is 5.52. The van der Waals surface area contributed by atoms with Crippen molar-refractivity contribution in [2.45, 2.75) is 46.1 Å². The van der Waals surface area contributed by atoms with Gasteiger partial charge in [0, 0.05) is 19.1 Å². The van der Waals surface area contributed by atoms with E-state index in [2.05, 4.69) is 43.1 Å². The second kappa shape index (κ2) is 6.07. The van der Waals surface area contributed by atoms with Crippen LogP contribution in [0.15, 0.2) is 18.2 Å². The number of nitrogens with one attached hydrogen (secondary N) is 1. The monoisotopic (exact) mass is 247 g/mol. The van der Waals surface area contributed by atoms with Crippen LogP contribution in [0.4, 0.5) is 11.6 Å². The van der Waals surface area contributed by atoms with Gasteiger partial charge in [0.1, 0.15) is 11.6 Å². The highest BCUT2D eigenvalue weighted by molar-refractivity contribution is 5.48. The Morgan fingerprint density at radius 1 is 1.39 bits per heavy atom. The van der Waals surface area contributed by atoms with Crippen molar-refractivity contribution < 1.29 is 0 Å². The van der Waals surface area contributed by atoms with Crippen LogP contribution in [0.25, 0.3) is 0 Å². The number of rotatable bonds is 7. The lowest BCUT2D eigenvalue weighted by atomic mass is 10.1. The summed E-state index contributed by atoms with van der Waals surface area (Å²) in [5.74, 6) is 2.88. The summed E-state index contributed by atoms with van der Waals surface area (Å²) >= 11 is 0. The van der Waals surface area contributed by atoms with Gasteiger partial charge >= 0.3 is 0 Å². The molecule has 1 N–H and O–H groups in total. The van der Waals surface area contributed by atoms with Crippen LogP contribution >= 0.6 is 0 Å². The normalized spacial score (nSPS) is 14.9. The zero-order chi connectivity index (χ0) is 13.0. The zero-order valence-corrected chi connectivity index (χ0v) is 11.8. The molecular formula is C15H25N3. The Morgan fingerprint density at radius 2 is 2.17 bits per heavy atom. The van der Waals surface area contributed by atoms with Gasteiger partial charge in [0.25, 0.3) is 0 Å². The predicted molar refractivity (Wildman–Crippen MR) is 78.2 cm³/mol. The molecule has 100 valence electrons. The minimum absolute atomic E-state index is 0.730. The number of aromatic nitrogens is 1. The maximum absolute atomic E-state index is 4.72. The minimum Gasteiger partial charge on any atom is -0.370 e. The quantitative estimate of drug-likeness (QED) is 0.799. The molecule has 0 unspecified atom stereocenters. The summed E-state index contributed by atoms with van der Waals surface area (Å²) in [6, 6.07) is 7.01. The first-order valence-corrected chi connectivity index (χ1v) is 7.18. The van der Waals surface area contributed by atoms with Crippen LogP contribution in [0.5, 0.6) is 0 Å². The highest BCUT2D eigenvalue weighted by atomic mass is 15.2. The molecule has 18 heavy (non-hydrogen) atoms. The zero-order valence-electron chi connectivity index (χ0n) is 11.8. The molecule has 0 saturated heterocycles. The van der Waals surface area contributed by atoms with Gasteiger partial charge in [-0.1, -0.05) is 19.9 Å². The summed E-state index contributed by atoms with van der Waals surface area (Å²) in [7, 11) is 0. The summed E-state index contributed by atoms with van der Waals surface area (Å²) < 4.78 is 0. The number of anilines is 2. The Balaban J connectivity index is 2.06. The molecule has 1 saturated carbocycles. The van der Waals surface area contributed by atoms with Crippen LogP contribution in [-0.2, 0) is 0 Å².